The summed E-state index contributed by atoms with van der Waals surface area (Å²) in [4.78, 5) is 23.4. The first-order valence-electron chi connectivity index (χ1n) is 5.13. The van der Waals surface area contributed by atoms with Crippen molar-refractivity contribution in [3.63, 3.8) is 0 Å². The van der Waals surface area contributed by atoms with Gasteiger partial charge < -0.3 is 24.8 Å². The highest BCUT2D eigenvalue weighted by Gasteiger charge is 2.47. The minimum atomic E-state index is -1.37. The van der Waals surface area contributed by atoms with Gasteiger partial charge in [-0.3, -0.25) is 4.79 Å². The number of imide groups is 1. The maximum absolute atomic E-state index is 11.4. The maximum atomic E-state index is 11.4. The highest BCUT2D eigenvalue weighted by molar-refractivity contribution is 5.98. The van der Waals surface area contributed by atoms with E-state index in [0.29, 0.717) is 0 Å². The van der Waals surface area contributed by atoms with Gasteiger partial charge in [-0.2, -0.15) is 0 Å². The lowest BCUT2D eigenvalue weighted by Gasteiger charge is -2.39. The standard InChI is InChI=1S/C9H13NO7/c11-1-5-8(14)7(13)4(2-16-5)10-6(12)3-17-9(10)15/h4-5,7-8,11,13-14H,1-3H2/t4-,5?,7?,8?/m1/s1. The number of hydrogen-bond donors (Lipinski definition) is 3. The molecule has 2 rings (SSSR count). The molecular formula is C9H13NO7. The molecule has 0 aromatic rings. The van der Waals surface area contributed by atoms with E-state index in [2.05, 4.69) is 4.74 Å². The summed E-state index contributed by atoms with van der Waals surface area (Å²) in [6, 6.07) is -0.990. The number of carbonyl (C=O) groups excluding carboxylic acids is 2. The van der Waals surface area contributed by atoms with Crippen LogP contribution in [0.2, 0.25) is 0 Å². The molecule has 2 amide bonds. The monoisotopic (exact) mass is 247 g/mol. The van der Waals surface area contributed by atoms with Gasteiger partial charge in [-0.05, 0) is 0 Å². The molecule has 0 aromatic heterocycles. The van der Waals surface area contributed by atoms with Gasteiger partial charge in [-0.15, -0.1) is 0 Å². The third-order valence-electron chi connectivity index (χ3n) is 2.90. The van der Waals surface area contributed by atoms with Gasteiger partial charge in [0.1, 0.15) is 18.3 Å². The number of aliphatic hydroxyl groups is 3. The van der Waals surface area contributed by atoms with Crippen molar-refractivity contribution in [3.05, 3.63) is 0 Å². The van der Waals surface area contributed by atoms with Gasteiger partial charge in [-0.25, -0.2) is 9.69 Å². The topological polar surface area (TPSA) is 117 Å². The van der Waals surface area contributed by atoms with Crippen molar-refractivity contribution in [2.75, 3.05) is 19.8 Å². The molecule has 3 unspecified atom stereocenters. The predicted octanol–water partition coefficient (Wildman–Crippen LogP) is -2.55. The molecule has 17 heavy (non-hydrogen) atoms. The van der Waals surface area contributed by atoms with Crippen LogP contribution >= 0.6 is 0 Å². The smallest absolute Gasteiger partial charge is 0.417 e. The lowest BCUT2D eigenvalue weighted by molar-refractivity contribution is -0.178. The Morgan fingerprint density at radius 1 is 1.29 bits per heavy atom. The van der Waals surface area contributed by atoms with E-state index >= 15 is 0 Å². The van der Waals surface area contributed by atoms with Crippen LogP contribution in [0.1, 0.15) is 0 Å². The molecule has 4 atom stereocenters. The Hall–Kier alpha value is -1.22. The SMILES string of the molecule is O=C1COC(=O)N1[C@@H]1COC(CO)C(O)C1O. The minimum Gasteiger partial charge on any atom is -0.439 e. The number of cyclic esters (lactones) is 1. The molecule has 2 aliphatic rings. The molecule has 2 heterocycles. The van der Waals surface area contributed by atoms with Gasteiger partial charge in [0.25, 0.3) is 5.91 Å². The average Bonchev–Trinajstić information content (AvgIpc) is 2.63. The fourth-order valence-corrected chi connectivity index (χ4v) is 1.94. The number of amides is 2. The van der Waals surface area contributed by atoms with Crippen LogP contribution in [0.25, 0.3) is 0 Å². The number of hydrogen-bond acceptors (Lipinski definition) is 7. The lowest BCUT2D eigenvalue weighted by atomic mass is 9.97. The molecule has 0 bridgehead atoms. The summed E-state index contributed by atoms with van der Waals surface area (Å²) in [5, 5.41) is 28.3. The van der Waals surface area contributed by atoms with Crippen LogP contribution in [-0.2, 0) is 14.3 Å². The molecule has 0 spiro atoms. The summed E-state index contributed by atoms with van der Waals surface area (Å²) < 4.78 is 9.58. The van der Waals surface area contributed by atoms with Crippen molar-refractivity contribution in [1.29, 1.82) is 0 Å². The van der Waals surface area contributed by atoms with Crippen molar-refractivity contribution in [2.45, 2.75) is 24.4 Å². The summed E-state index contributed by atoms with van der Waals surface area (Å²) in [5.74, 6) is -0.586. The third-order valence-corrected chi connectivity index (χ3v) is 2.90. The van der Waals surface area contributed by atoms with Crippen molar-refractivity contribution in [1.82, 2.24) is 4.90 Å². The molecule has 8 heteroatoms. The molecule has 0 saturated carbocycles. The van der Waals surface area contributed by atoms with Crippen molar-refractivity contribution in [2.24, 2.45) is 0 Å². The third kappa shape index (κ3) is 2.00. The predicted molar refractivity (Wildman–Crippen MR) is 50.8 cm³/mol. The summed E-state index contributed by atoms with van der Waals surface area (Å²) in [7, 11) is 0. The summed E-state index contributed by atoms with van der Waals surface area (Å²) in [5.41, 5.74) is 0. The van der Waals surface area contributed by atoms with Gasteiger partial charge >= 0.3 is 6.09 Å². The van der Waals surface area contributed by atoms with Gasteiger partial charge in [0, 0.05) is 0 Å². The van der Waals surface area contributed by atoms with Crippen LogP contribution in [0.15, 0.2) is 0 Å². The molecule has 8 nitrogen and oxygen atoms in total. The van der Waals surface area contributed by atoms with E-state index in [1.54, 1.807) is 0 Å². The molecule has 2 aliphatic heterocycles. The Morgan fingerprint density at radius 3 is 2.53 bits per heavy atom. The van der Waals surface area contributed by atoms with Crippen LogP contribution in [0, 0.1) is 0 Å². The second-order valence-electron chi connectivity index (χ2n) is 3.92. The number of ether oxygens (including phenoxy) is 2. The van der Waals surface area contributed by atoms with Crippen LogP contribution < -0.4 is 0 Å². The molecule has 2 fully saturated rings. The first-order valence-corrected chi connectivity index (χ1v) is 5.13. The van der Waals surface area contributed by atoms with Gasteiger partial charge in [0.05, 0.1) is 19.3 Å². The van der Waals surface area contributed by atoms with E-state index in [-0.39, 0.29) is 13.2 Å². The Morgan fingerprint density at radius 2 is 2.00 bits per heavy atom. The Labute approximate surface area is 96.3 Å². The highest BCUT2D eigenvalue weighted by Crippen LogP contribution is 2.22. The van der Waals surface area contributed by atoms with Crippen LogP contribution in [0.4, 0.5) is 4.79 Å². The maximum Gasteiger partial charge on any atom is 0.417 e. The Balaban J connectivity index is 2.12. The molecule has 2 saturated heterocycles. The van der Waals surface area contributed by atoms with Gasteiger partial charge in [0.2, 0.25) is 0 Å². The van der Waals surface area contributed by atoms with E-state index in [4.69, 9.17) is 9.84 Å². The minimum absolute atomic E-state index is 0.149. The molecule has 0 aliphatic carbocycles. The second kappa shape index (κ2) is 4.57. The summed E-state index contributed by atoms with van der Waals surface area (Å²) in [6.07, 6.45) is -4.51. The number of rotatable bonds is 2. The molecule has 3 N–H and O–H groups in total. The molecule has 96 valence electrons. The van der Waals surface area contributed by atoms with E-state index < -0.39 is 43.0 Å². The first-order chi connectivity index (χ1) is 8.06. The summed E-state index contributed by atoms with van der Waals surface area (Å²) in [6.45, 7) is -0.977. The van der Waals surface area contributed by atoms with E-state index in [0.717, 1.165) is 4.90 Å². The number of carbonyl (C=O) groups is 2. The average molecular weight is 247 g/mol. The second-order valence-corrected chi connectivity index (χ2v) is 3.92. The number of nitrogens with zero attached hydrogens (tertiary/aromatic N) is 1. The molecular weight excluding hydrogens is 234 g/mol. The van der Waals surface area contributed by atoms with Crippen molar-refractivity contribution in [3.8, 4) is 0 Å². The van der Waals surface area contributed by atoms with Crippen molar-refractivity contribution < 1.29 is 34.4 Å². The molecule has 0 aromatic carbocycles. The fraction of sp³-hybridized carbons (Fsp3) is 0.778. The summed E-state index contributed by atoms with van der Waals surface area (Å²) >= 11 is 0. The van der Waals surface area contributed by atoms with Crippen LogP contribution in [0.5, 0.6) is 0 Å². The number of aliphatic hydroxyl groups excluding tert-OH is 3. The van der Waals surface area contributed by atoms with E-state index in [1.807, 2.05) is 0 Å². The van der Waals surface area contributed by atoms with Crippen molar-refractivity contribution >= 4 is 12.0 Å². The lowest BCUT2D eigenvalue weighted by Crippen LogP contribution is -2.61. The first kappa shape index (κ1) is 12.2. The van der Waals surface area contributed by atoms with Crippen LogP contribution in [0.3, 0.4) is 0 Å². The largest absolute Gasteiger partial charge is 0.439 e. The van der Waals surface area contributed by atoms with Gasteiger partial charge in [0.15, 0.2) is 6.61 Å². The zero-order valence-corrected chi connectivity index (χ0v) is 8.85. The zero-order chi connectivity index (χ0) is 12.6. The Bertz CT molecular complexity index is 317. The zero-order valence-electron chi connectivity index (χ0n) is 8.85. The Kier molecular flexibility index (Phi) is 3.29. The normalized spacial score (nSPS) is 38.4. The highest BCUT2D eigenvalue weighted by atomic mass is 16.6. The van der Waals surface area contributed by atoms with Crippen LogP contribution in [-0.4, -0.2) is 76.4 Å². The van der Waals surface area contributed by atoms with Gasteiger partial charge in [-0.1, -0.05) is 0 Å². The fourth-order valence-electron chi connectivity index (χ4n) is 1.94. The van der Waals surface area contributed by atoms with E-state index in [1.165, 1.54) is 0 Å². The molecule has 0 radical (unpaired) electrons. The quantitative estimate of drug-likeness (QED) is 0.491. The van der Waals surface area contributed by atoms with E-state index in [9.17, 15) is 19.8 Å².